The summed E-state index contributed by atoms with van der Waals surface area (Å²) in [6.45, 7) is 0. The smallest absolute Gasteiger partial charge is 0.196 e. The van der Waals surface area contributed by atoms with Gasteiger partial charge in [-0.1, -0.05) is 23.4 Å². The molecular weight excluding hydrogens is 308 g/mol. The molecular formula is C14H11ClN4OS. The maximum Gasteiger partial charge on any atom is 0.196 e. The van der Waals surface area contributed by atoms with Gasteiger partial charge >= 0.3 is 0 Å². The van der Waals surface area contributed by atoms with Gasteiger partial charge in [0.25, 0.3) is 0 Å². The van der Waals surface area contributed by atoms with Gasteiger partial charge in [0.2, 0.25) is 0 Å². The molecule has 0 aliphatic rings. The molecule has 3 aromatic rings. The lowest BCUT2D eigenvalue weighted by molar-refractivity contribution is 0.102. The molecule has 0 aliphatic heterocycles. The van der Waals surface area contributed by atoms with Crippen LogP contribution < -0.4 is 5.73 Å². The lowest BCUT2D eigenvalue weighted by atomic mass is 10.1. The van der Waals surface area contributed by atoms with Gasteiger partial charge < -0.3 is 5.73 Å². The number of halogens is 1. The zero-order chi connectivity index (χ0) is 14.8. The highest BCUT2D eigenvalue weighted by Crippen LogP contribution is 2.20. The average molecular weight is 319 g/mol. The van der Waals surface area contributed by atoms with Crippen molar-refractivity contribution in [3.8, 4) is 0 Å². The summed E-state index contributed by atoms with van der Waals surface area (Å²) in [7, 11) is 0. The number of Topliss-reactive ketones (excluding diaryl/α,β-unsaturated/α-hetero) is 1. The number of carbonyl (C=O) groups excluding carboxylic acids is 1. The van der Waals surface area contributed by atoms with Crippen molar-refractivity contribution in [2.45, 2.75) is 5.16 Å². The SMILES string of the molecule is Nc1ccc2nnc(SCC(=O)c3ccc(Cl)cc3)n2c1. The number of nitrogens with two attached hydrogens (primary N) is 1. The number of fused-ring (bicyclic) bond motifs is 1. The molecule has 0 spiro atoms. The highest BCUT2D eigenvalue weighted by atomic mass is 35.5. The van der Waals surface area contributed by atoms with Crippen LogP contribution in [-0.4, -0.2) is 26.1 Å². The van der Waals surface area contributed by atoms with Crippen molar-refractivity contribution in [2.24, 2.45) is 0 Å². The standard InChI is InChI=1S/C14H11ClN4OS/c15-10-3-1-9(2-4-10)12(20)8-21-14-18-17-13-6-5-11(16)7-19(13)14/h1-7H,8,16H2. The van der Waals surface area contributed by atoms with Crippen LogP contribution in [0.25, 0.3) is 5.65 Å². The van der Waals surface area contributed by atoms with Crippen molar-refractivity contribution < 1.29 is 4.79 Å². The van der Waals surface area contributed by atoms with Crippen LogP contribution in [0.15, 0.2) is 47.8 Å². The van der Waals surface area contributed by atoms with E-state index in [4.69, 9.17) is 17.3 Å². The fourth-order valence-electron chi connectivity index (χ4n) is 1.83. The van der Waals surface area contributed by atoms with Crippen molar-refractivity contribution in [1.82, 2.24) is 14.6 Å². The maximum absolute atomic E-state index is 12.1. The van der Waals surface area contributed by atoms with Gasteiger partial charge in [0.05, 0.1) is 5.75 Å². The fraction of sp³-hybridized carbons (Fsp3) is 0.0714. The predicted octanol–water partition coefficient (Wildman–Crippen LogP) is 2.94. The van der Waals surface area contributed by atoms with Gasteiger partial charge in [-0.05, 0) is 36.4 Å². The van der Waals surface area contributed by atoms with Crippen molar-refractivity contribution in [3.05, 3.63) is 53.2 Å². The Balaban J connectivity index is 1.75. The molecule has 0 amide bonds. The van der Waals surface area contributed by atoms with E-state index in [1.807, 2.05) is 0 Å². The van der Waals surface area contributed by atoms with E-state index >= 15 is 0 Å². The van der Waals surface area contributed by atoms with Crippen LogP contribution in [0.3, 0.4) is 0 Å². The molecule has 0 bridgehead atoms. The number of hydrogen-bond acceptors (Lipinski definition) is 5. The quantitative estimate of drug-likeness (QED) is 0.591. The monoisotopic (exact) mass is 318 g/mol. The Hall–Kier alpha value is -2.05. The summed E-state index contributed by atoms with van der Waals surface area (Å²) in [6.07, 6.45) is 1.74. The third-order valence-corrected chi connectivity index (χ3v) is 4.09. The molecule has 0 saturated carbocycles. The number of aromatic nitrogens is 3. The molecule has 0 radical (unpaired) electrons. The molecule has 0 unspecified atom stereocenters. The first-order valence-electron chi connectivity index (χ1n) is 6.15. The number of anilines is 1. The van der Waals surface area contributed by atoms with E-state index in [9.17, 15) is 4.79 Å². The molecule has 0 atom stereocenters. The average Bonchev–Trinajstić information content (AvgIpc) is 2.88. The molecule has 0 saturated heterocycles. The van der Waals surface area contributed by atoms with E-state index in [-0.39, 0.29) is 11.5 Å². The van der Waals surface area contributed by atoms with Gasteiger partial charge in [-0.25, -0.2) is 0 Å². The van der Waals surface area contributed by atoms with Crippen LogP contribution >= 0.6 is 23.4 Å². The molecule has 0 aliphatic carbocycles. The zero-order valence-corrected chi connectivity index (χ0v) is 12.4. The van der Waals surface area contributed by atoms with E-state index in [0.29, 0.717) is 27.1 Å². The summed E-state index contributed by atoms with van der Waals surface area (Å²) in [5.41, 5.74) is 7.69. The first-order valence-corrected chi connectivity index (χ1v) is 7.52. The number of rotatable bonds is 4. The van der Waals surface area contributed by atoms with Gasteiger partial charge in [-0.15, -0.1) is 10.2 Å². The number of hydrogen-bond donors (Lipinski definition) is 1. The largest absolute Gasteiger partial charge is 0.398 e. The summed E-state index contributed by atoms with van der Waals surface area (Å²) in [5, 5.41) is 9.34. The van der Waals surface area contributed by atoms with Gasteiger partial charge in [-0.2, -0.15) is 0 Å². The lowest BCUT2D eigenvalue weighted by Crippen LogP contribution is -2.03. The zero-order valence-electron chi connectivity index (χ0n) is 10.9. The van der Waals surface area contributed by atoms with Crippen LogP contribution in [0.4, 0.5) is 5.69 Å². The van der Waals surface area contributed by atoms with Crippen molar-refractivity contribution in [2.75, 3.05) is 11.5 Å². The summed E-state index contributed by atoms with van der Waals surface area (Å²) in [4.78, 5) is 12.1. The highest BCUT2D eigenvalue weighted by Gasteiger charge is 2.11. The number of ketones is 1. The van der Waals surface area contributed by atoms with Crippen molar-refractivity contribution in [1.29, 1.82) is 0 Å². The van der Waals surface area contributed by atoms with E-state index in [2.05, 4.69) is 10.2 Å². The minimum atomic E-state index is 0.0114. The topological polar surface area (TPSA) is 73.3 Å². The van der Waals surface area contributed by atoms with E-state index in [0.717, 1.165) is 0 Å². The van der Waals surface area contributed by atoms with Gasteiger partial charge in [0.1, 0.15) is 0 Å². The number of thioether (sulfide) groups is 1. The molecule has 7 heteroatoms. The molecule has 2 aromatic heterocycles. The maximum atomic E-state index is 12.1. The molecule has 106 valence electrons. The van der Waals surface area contributed by atoms with Crippen LogP contribution in [0, 0.1) is 0 Å². The number of nitrogen functional groups attached to an aromatic ring is 1. The van der Waals surface area contributed by atoms with Gasteiger partial charge in [0, 0.05) is 22.5 Å². The number of carbonyl (C=O) groups is 1. The third kappa shape index (κ3) is 3.01. The summed E-state index contributed by atoms with van der Waals surface area (Å²) >= 11 is 7.13. The van der Waals surface area contributed by atoms with Crippen LogP contribution in [0.2, 0.25) is 5.02 Å². The second-order valence-electron chi connectivity index (χ2n) is 4.39. The number of pyridine rings is 1. The lowest BCUT2D eigenvalue weighted by Gasteiger charge is -2.01. The van der Waals surface area contributed by atoms with Crippen LogP contribution in [0.5, 0.6) is 0 Å². The predicted molar refractivity (Wildman–Crippen MR) is 83.9 cm³/mol. The molecule has 1 aromatic carbocycles. The highest BCUT2D eigenvalue weighted by molar-refractivity contribution is 7.99. The van der Waals surface area contributed by atoms with Crippen molar-refractivity contribution >= 4 is 40.5 Å². The van der Waals surface area contributed by atoms with E-state index < -0.39 is 0 Å². The normalized spacial score (nSPS) is 10.9. The van der Waals surface area contributed by atoms with Crippen LogP contribution in [-0.2, 0) is 0 Å². The molecule has 2 heterocycles. The Morgan fingerprint density at radius 1 is 1.19 bits per heavy atom. The minimum absolute atomic E-state index is 0.0114. The van der Waals surface area contributed by atoms with Gasteiger partial charge in [-0.3, -0.25) is 9.20 Å². The second kappa shape index (κ2) is 5.75. The fourth-order valence-corrected chi connectivity index (χ4v) is 2.77. The summed E-state index contributed by atoms with van der Waals surface area (Å²) < 4.78 is 1.77. The van der Waals surface area contributed by atoms with E-state index in [1.165, 1.54) is 11.8 Å². The minimum Gasteiger partial charge on any atom is -0.398 e. The summed E-state index contributed by atoms with van der Waals surface area (Å²) in [5.74, 6) is 0.286. The number of benzene rings is 1. The Morgan fingerprint density at radius 3 is 2.71 bits per heavy atom. The molecule has 0 fully saturated rings. The Morgan fingerprint density at radius 2 is 1.95 bits per heavy atom. The second-order valence-corrected chi connectivity index (χ2v) is 5.77. The van der Waals surface area contributed by atoms with Gasteiger partial charge in [0.15, 0.2) is 16.6 Å². The first-order chi connectivity index (χ1) is 10.1. The molecule has 21 heavy (non-hydrogen) atoms. The van der Waals surface area contributed by atoms with Crippen molar-refractivity contribution in [3.63, 3.8) is 0 Å². The molecule has 5 nitrogen and oxygen atoms in total. The van der Waals surface area contributed by atoms with E-state index in [1.54, 1.807) is 47.0 Å². The van der Waals surface area contributed by atoms with Crippen LogP contribution in [0.1, 0.15) is 10.4 Å². The number of nitrogens with zero attached hydrogens (tertiary/aromatic N) is 3. The molecule has 2 N–H and O–H groups in total. The Labute approximate surface area is 130 Å². The first kappa shape index (κ1) is 13.9. The Kier molecular flexibility index (Phi) is 3.81. The third-order valence-electron chi connectivity index (χ3n) is 2.89. The molecule has 3 rings (SSSR count). The Bertz CT molecular complexity index is 800. The summed E-state index contributed by atoms with van der Waals surface area (Å²) in [6, 6.07) is 10.4.